The normalized spacial score (nSPS) is 10.8. The van der Waals surface area contributed by atoms with Crippen LogP contribution >= 0.6 is 0 Å². The molecule has 3 rings (SSSR count). The summed E-state index contributed by atoms with van der Waals surface area (Å²) in [7, 11) is 1.57. The molecule has 2 aromatic heterocycles. The molecule has 114 valence electrons. The van der Waals surface area contributed by atoms with Gasteiger partial charge in [0.05, 0.1) is 20.3 Å². The first-order valence-corrected chi connectivity index (χ1v) is 6.97. The van der Waals surface area contributed by atoms with Gasteiger partial charge in [0.2, 0.25) is 0 Å². The molecule has 3 aromatic rings. The highest BCUT2D eigenvalue weighted by Gasteiger charge is 2.17. The molecule has 0 aliphatic carbocycles. The van der Waals surface area contributed by atoms with Crippen molar-refractivity contribution in [3.05, 3.63) is 35.9 Å². The van der Waals surface area contributed by atoms with E-state index in [4.69, 9.17) is 15.2 Å². The molecule has 0 saturated heterocycles. The van der Waals surface area contributed by atoms with Gasteiger partial charge in [-0.1, -0.05) is 30.3 Å². The molecule has 22 heavy (non-hydrogen) atoms. The monoisotopic (exact) mass is 299 g/mol. The van der Waals surface area contributed by atoms with Crippen LogP contribution in [0.2, 0.25) is 0 Å². The number of hydrogen-bond donors (Lipinski definition) is 1. The SMILES string of the molecule is CCOc1nc(N)c2nc(OC)n(Cc3ccccc3)c2n1. The summed E-state index contributed by atoms with van der Waals surface area (Å²) in [6.45, 7) is 2.91. The average Bonchev–Trinajstić information content (AvgIpc) is 2.87. The number of rotatable bonds is 5. The summed E-state index contributed by atoms with van der Waals surface area (Å²) < 4.78 is 12.6. The van der Waals surface area contributed by atoms with Crippen LogP contribution in [0.1, 0.15) is 12.5 Å². The van der Waals surface area contributed by atoms with Crippen LogP contribution in [0.4, 0.5) is 5.82 Å². The van der Waals surface area contributed by atoms with Crippen LogP contribution in [0.25, 0.3) is 11.2 Å². The smallest absolute Gasteiger partial charge is 0.320 e. The topological polar surface area (TPSA) is 88.1 Å². The fourth-order valence-corrected chi connectivity index (χ4v) is 2.24. The number of nitrogen functional groups attached to an aromatic ring is 1. The largest absolute Gasteiger partial charge is 0.468 e. The summed E-state index contributed by atoms with van der Waals surface area (Å²) in [5.41, 5.74) is 8.17. The number of nitrogens with zero attached hydrogens (tertiary/aromatic N) is 4. The number of anilines is 1. The van der Waals surface area contributed by atoms with Crippen molar-refractivity contribution in [2.75, 3.05) is 19.5 Å². The molecular formula is C15H17N5O2. The van der Waals surface area contributed by atoms with Crippen molar-refractivity contribution in [2.24, 2.45) is 0 Å². The minimum atomic E-state index is 0.240. The Labute approximate surface area is 127 Å². The summed E-state index contributed by atoms with van der Waals surface area (Å²) in [5.74, 6) is 0.276. The van der Waals surface area contributed by atoms with Crippen LogP contribution in [-0.4, -0.2) is 33.2 Å². The van der Waals surface area contributed by atoms with Crippen LogP contribution in [-0.2, 0) is 6.54 Å². The molecule has 0 amide bonds. The highest BCUT2D eigenvalue weighted by molar-refractivity contribution is 5.83. The number of fused-ring (bicyclic) bond motifs is 1. The molecule has 0 saturated carbocycles. The van der Waals surface area contributed by atoms with Gasteiger partial charge in [-0.2, -0.15) is 15.0 Å². The van der Waals surface area contributed by atoms with Gasteiger partial charge in [-0.15, -0.1) is 0 Å². The Kier molecular flexibility index (Phi) is 3.78. The van der Waals surface area contributed by atoms with Crippen molar-refractivity contribution in [3.63, 3.8) is 0 Å². The number of imidazole rings is 1. The predicted octanol–water partition coefficient (Wildman–Crippen LogP) is 1.86. The number of aromatic nitrogens is 4. The van der Waals surface area contributed by atoms with Crippen molar-refractivity contribution in [3.8, 4) is 12.0 Å². The van der Waals surface area contributed by atoms with E-state index in [2.05, 4.69) is 15.0 Å². The van der Waals surface area contributed by atoms with E-state index >= 15 is 0 Å². The minimum Gasteiger partial charge on any atom is -0.468 e. The van der Waals surface area contributed by atoms with E-state index in [1.165, 1.54) is 0 Å². The molecule has 7 nitrogen and oxygen atoms in total. The van der Waals surface area contributed by atoms with Crippen LogP contribution < -0.4 is 15.2 Å². The standard InChI is InChI=1S/C15H17N5O2/c1-3-22-14-18-12(16)11-13(19-14)20(15(17-11)21-2)9-10-7-5-4-6-8-10/h4-8H,3,9H2,1-2H3,(H2,16,18,19). The molecule has 0 unspecified atom stereocenters. The van der Waals surface area contributed by atoms with Crippen LogP contribution in [0, 0.1) is 0 Å². The Morgan fingerprint density at radius 2 is 1.91 bits per heavy atom. The first kappa shape index (κ1) is 14.1. The van der Waals surface area contributed by atoms with Crippen molar-refractivity contribution in [1.29, 1.82) is 0 Å². The van der Waals surface area contributed by atoms with Crippen molar-refractivity contribution in [1.82, 2.24) is 19.5 Å². The third-order valence-electron chi connectivity index (χ3n) is 3.21. The predicted molar refractivity (Wildman–Crippen MR) is 83.0 cm³/mol. The maximum atomic E-state index is 5.96. The lowest BCUT2D eigenvalue weighted by molar-refractivity contribution is 0.314. The zero-order valence-electron chi connectivity index (χ0n) is 12.5. The summed E-state index contributed by atoms with van der Waals surface area (Å²) in [6.07, 6.45) is 0. The molecule has 7 heteroatoms. The Bertz CT molecular complexity index is 785. The summed E-state index contributed by atoms with van der Waals surface area (Å²) in [4.78, 5) is 12.9. The average molecular weight is 299 g/mol. The van der Waals surface area contributed by atoms with Gasteiger partial charge in [0, 0.05) is 0 Å². The highest BCUT2D eigenvalue weighted by atomic mass is 16.5. The lowest BCUT2D eigenvalue weighted by Crippen LogP contribution is -2.06. The van der Waals surface area contributed by atoms with E-state index in [0.717, 1.165) is 5.56 Å². The van der Waals surface area contributed by atoms with Crippen molar-refractivity contribution >= 4 is 17.0 Å². The second-order valence-electron chi connectivity index (χ2n) is 4.67. The molecular weight excluding hydrogens is 282 g/mol. The summed E-state index contributed by atoms with van der Waals surface area (Å²) in [5, 5.41) is 0. The molecule has 0 aliphatic heterocycles. The minimum absolute atomic E-state index is 0.240. The third kappa shape index (κ3) is 2.52. The van der Waals surface area contributed by atoms with Crippen LogP contribution in [0.5, 0.6) is 12.0 Å². The van der Waals surface area contributed by atoms with E-state index in [1.807, 2.05) is 41.8 Å². The molecule has 0 fully saturated rings. The third-order valence-corrected chi connectivity index (χ3v) is 3.21. The number of hydrogen-bond acceptors (Lipinski definition) is 6. The van der Waals surface area contributed by atoms with Gasteiger partial charge in [-0.25, -0.2) is 0 Å². The first-order valence-electron chi connectivity index (χ1n) is 6.97. The van der Waals surface area contributed by atoms with Crippen molar-refractivity contribution in [2.45, 2.75) is 13.5 Å². The Morgan fingerprint density at radius 3 is 2.59 bits per heavy atom. The molecule has 0 bridgehead atoms. The zero-order chi connectivity index (χ0) is 15.5. The maximum Gasteiger partial charge on any atom is 0.320 e. The number of benzene rings is 1. The molecule has 0 spiro atoms. The van der Waals surface area contributed by atoms with Gasteiger partial charge >= 0.3 is 6.01 Å². The van der Waals surface area contributed by atoms with Crippen LogP contribution in [0.3, 0.4) is 0 Å². The number of nitrogens with two attached hydrogens (primary N) is 1. The highest BCUT2D eigenvalue weighted by Crippen LogP contribution is 2.26. The van der Waals surface area contributed by atoms with Gasteiger partial charge in [0.1, 0.15) is 0 Å². The lowest BCUT2D eigenvalue weighted by Gasteiger charge is -2.08. The van der Waals surface area contributed by atoms with Gasteiger partial charge in [0.15, 0.2) is 17.0 Å². The quantitative estimate of drug-likeness (QED) is 0.773. The van der Waals surface area contributed by atoms with Crippen molar-refractivity contribution < 1.29 is 9.47 Å². The van der Waals surface area contributed by atoms with Gasteiger partial charge in [-0.3, -0.25) is 4.57 Å². The number of methoxy groups -OCH3 is 1. The molecule has 0 aliphatic rings. The van der Waals surface area contributed by atoms with Gasteiger partial charge in [-0.05, 0) is 12.5 Å². The fourth-order valence-electron chi connectivity index (χ4n) is 2.24. The zero-order valence-corrected chi connectivity index (χ0v) is 12.5. The second-order valence-corrected chi connectivity index (χ2v) is 4.67. The second kappa shape index (κ2) is 5.88. The Balaban J connectivity index is 2.13. The van der Waals surface area contributed by atoms with E-state index in [1.54, 1.807) is 7.11 Å². The molecule has 0 radical (unpaired) electrons. The lowest BCUT2D eigenvalue weighted by atomic mass is 10.2. The Hall–Kier alpha value is -2.83. The number of ether oxygens (including phenoxy) is 2. The van der Waals surface area contributed by atoms with Gasteiger partial charge in [0.25, 0.3) is 6.01 Å². The Morgan fingerprint density at radius 1 is 1.14 bits per heavy atom. The van der Waals surface area contributed by atoms with E-state index < -0.39 is 0 Å². The van der Waals surface area contributed by atoms with Crippen LogP contribution in [0.15, 0.2) is 30.3 Å². The molecule has 0 atom stereocenters. The van der Waals surface area contributed by atoms with E-state index in [0.29, 0.717) is 30.3 Å². The fraction of sp³-hybridized carbons (Fsp3) is 0.267. The maximum absolute atomic E-state index is 5.96. The summed E-state index contributed by atoms with van der Waals surface area (Å²) in [6, 6.07) is 10.7. The summed E-state index contributed by atoms with van der Waals surface area (Å²) >= 11 is 0. The van der Waals surface area contributed by atoms with E-state index in [9.17, 15) is 0 Å². The first-order chi connectivity index (χ1) is 10.7. The molecule has 2 N–H and O–H groups in total. The molecule has 1 aromatic carbocycles. The molecule has 2 heterocycles. The van der Waals surface area contributed by atoms with Gasteiger partial charge < -0.3 is 15.2 Å². The van der Waals surface area contributed by atoms with E-state index in [-0.39, 0.29) is 11.8 Å².